The molecule has 0 saturated carbocycles. The zero-order chi connectivity index (χ0) is 23.4. The molecule has 0 spiro atoms. The highest BCUT2D eigenvalue weighted by molar-refractivity contribution is 6.31. The summed E-state index contributed by atoms with van der Waals surface area (Å²) in [6, 6.07) is 10.9. The van der Waals surface area contributed by atoms with Crippen LogP contribution >= 0.6 is 11.6 Å². The largest absolute Gasteiger partial charge is 0.496 e. The van der Waals surface area contributed by atoms with E-state index in [-0.39, 0.29) is 18.9 Å². The predicted octanol–water partition coefficient (Wildman–Crippen LogP) is 4.11. The van der Waals surface area contributed by atoms with Gasteiger partial charge in [-0.15, -0.1) is 0 Å². The van der Waals surface area contributed by atoms with Gasteiger partial charge < -0.3 is 14.8 Å². The minimum Gasteiger partial charge on any atom is -0.496 e. The van der Waals surface area contributed by atoms with Crippen molar-refractivity contribution in [2.75, 3.05) is 14.2 Å². The number of ether oxygens (including phenoxy) is 2. The number of hydrogen-bond donors (Lipinski definition) is 1. The van der Waals surface area contributed by atoms with E-state index in [0.717, 1.165) is 33.8 Å². The van der Waals surface area contributed by atoms with Crippen molar-refractivity contribution in [3.8, 4) is 11.4 Å². The molecule has 1 amide bonds. The highest BCUT2D eigenvalue weighted by Crippen LogP contribution is 2.24. The van der Waals surface area contributed by atoms with Crippen LogP contribution in [0.3, 0.4) is 0 Å². The van der Waals surface area contributed by atoms with Crippen LogP contribution < -0.4 is 10.1 Å². The summed E-state index contributed by atoms with van der Waals surface area (Å²) in [6.07, 6.45) is 0.192. The molecule has 32 heavy (non-hydrogen) atoms. The highest BCUT2D eigenvalue weighted by atomic mass is 35.5. The standard InChI is InChI=1S/C24H26ClN3O4/c1-14-6-8-18(11-21(14)25)28-16(3)19(15(2)27-28)12-23(29)26-13-17-7-9-22(31-4)20(10-17)24(30)32-5/h6-11H,12-13H2,1-5H3,(H,26,29). The number of halogens is 1. The Bertz CT molecular complexity index is 1170. The first kappa shape index (κ1) is 23.3. The summed E-state index contributed by atoms with van der Waals surface area (Å²) in [5, 5.41) is 8.16. The average molecular weight is 456 g/mol. The lowest BCUT2D eigenvalue weighted by Gasteiger charge is -2.10. The maximum absolute atomic E-state index is 12.6. The van der Waals surface area contributed by atoms with E-state index in [1.54, 1.807) is 22.9 Å². The minimum absolute atomic E-state index is 0.145. The molecular weight excluding hydrogens is 430 g/mol. The smallest absolute Gasteiger partial charge is 0.341 e. The molecule has 3 aromatic rings. The van der Waals surface area contributed by atoms with Crippen molar-refractivity contribution in [2.45, 2.75) is 33.7 Å². The second-order valence-electron chi connectivity index (χ2n) is 7.47. The number of aryl methyl sites for hydroxylation is 2. The number of nitrogens with zero attached hydrogens (tertiary/aromatic N) is 2. The van der Waals surface area contributed by atoms with Gasteiger partial charge in [0.2, 0.25) is 5.91 Å². The number of carbonyl (C=O) groups is 2. The Labute approximate surface area is 192 Å². The van der Waals surface area contributed by atoms with Gasteiger partial charge >= 0.3 is 5.97 Å². The zero-order valence-corrected chi connectivity index (χ0v) is 19.5. The number of carbonyl (C=O) groups excluding carboxylic acids is 2. The zero-order valence-electron chi connectivity index (χ0n) is 18.8. The Kier molecular flexibility index (Phi) is 7.20. The van der Waals surface area contributed by atoms with Crippen molar-refractivity contribution < 1.29 is 19.1 Å². The van der Waals surface area contributed by atoms with Crippen molar-refractivity contribution in [2.24, 2.45) is 0 Å². The molecule has 2 aromatic carbocycles. The normalized spacial score (nSPS) is 10.7. The van der Waals surface area contributed by atoms with E-state index in [4.69, 9.17) is 21.1 Å². The van der Waals surface area contributed by atoms with Crippen molar-refractivity contribution in [1.29, 1.82) is 0 Å². The number of hydrogen-bond acceptors (Lipinski definition) is 5. The Morgan fingerprint density at radius 1 is 1.09 bits per heavy atom. The van der Waals surface area contributed by atoms with Crippen LogP contribution in [-0.2, 0) is 22.5 Å². The van der Waals surface area contributed by atoms with Crippen molar-refractivity contribution in [3.63, 3.8) is 0 Å². The fourth-order valence-electron chi connectivity index (χ4n) is 3.45. The molecule has 0 bridgehead atoms. The third-order valence-corrected chi connectivity index (χ3v) is 5.74. The second kappa shape index (κ2) is 9.87. The van der Waals surface area contributed by atoms with Crippen LogP contribution in [0, 0.1) is 20.8 Å². The van der Waals surface area contributed by atoms with Gasteiger partial charge in [-0.3, -0.25) is 4.79 Å². The van der Waals surface area contributed by atoms with Gasteiger partial charge in [0.05, 0.1) is 32.0 Å². The maximum atomic E-state index is 12.6. The van der Waals surface area contributed by atoms with Gasteiger partial charge in [-0.1, -0.05) is 23.7 Å². The van der Waals surface area contributed by atoms with Gasteiger partial charge in [0.25, 0.3) is 0 Å². The van der Waals surface area contributed by atoms with Crippen molar-refractivity contribution >= 4 is 23.5 Å². The van der Waals surface area contributed by atoms with Gasteiger partial charge in [-0.25, -0.2) is 9.48 Å². The summed E-state index contributed by atoms with van der Waals surface area (Å²) in [6.45, 7) is 6.03. The summed E-state index contributed by atoms with van der Waals surface area (Å²) < 4.78 is 11.8. The SMILES string of the molecule is COC(=O)c1cc(CNC(=O)Cc2c(C)nn(-c3ccc(C)c(Cl)c3)c2C)ccc1OC. The lowest BCUT2D eigenvalue weighted by atomic mass is 10.1. The molecule has 0 atom stereocenters. The summed E-state index contributed by atoms with van der Waals surface area (Å²) in [7, 11) is 2.80. The summed E-state index contributed by atoms with van der Waals surface area (Å²) in [4.78, 5) is 24.6. The molecule has 0 aliphatic carbocycles. The molecule has 7 nitrogen and oxygen atoms in total. The number of amides is 1. The van der Waals surface area contributed by atoms with Crippen LogP contribution in [0.1, 0.15) is 38.4 Å². The van der Waals surface area contributed by atoms with Crippen LogP contribution in [0.2, 0.25) is 5.02 Å². The van der Waals surface area contributed by atoms with Crippen LogP contribution in [-0.4, -0.2) is 35.9 Å². The van der Waals surface area contributed by atoms with Crippen LogP contribution in [0.15, 0.2) is 36.4 Å². The van der Waals surface area contributed by atoms with E-state index in [0.29, 0.717) is 16.3 Å². The first-order valence-corrected chi connectivity index (χ1v) is 10.5. The van der Waals surface area contributed by atoms with Crippen LogP contribution in [0.25, 0.3) is 5.69 Å². The van der Waals surface area contributed by atoms with Gasteiger partial charge in [0, 0.05) is 22.8 Å². The topological polar surface area (TPSA) is 82.5 Å². The molecule has 0 radical (unpaired) electrons. The molecule has 168 valence electrons. The Morgan fingerprint density at radius 3 is 2.50 bits per heavy atom. The lowest BCUT2D eigenvalue weighted by molar-refractivity contribution is -0.120. The Balaban J connectivity index is 1.73. The average Bonchev–Trinajstić information content (AvgIpc) is 3.07. The van der Waals surface area contributed by atoms with E-state index in [2.05, 4.69) is 10.4 Å². The van der Waals surface area contributed by atoms with Gasteiger partial charge in [-0.05, 0) is 56.2 Å². The predicted molar refractivity (Wildman–Crippen MR) is 123 cm³/mol. The first-order chi connectivity index (χ1) is 15.2. The van der Waals surface area contributed by atoms with Crippen LogP contribution in [0.4, 0.5) is 0 Å². The molecule has 3 rings (SSSR count). The Morgan fingerprint density at radius 2 is 1.84 bits per heavy atom. The van der Waals surface area contributed by atoms with E-state index in [1.807, 2.05) is 39.0 Å². The third-order valence-electron chi connectivity index (χ3n) is 5.34. The fourth-order valence-corrected chi connectivity index (χ4v) is 3.63. The molecule has 0 aliphatic heterocycles. The molecule has 1 aromatic heterocycles. The maximum Gasteiger partial charge on any atom is 0.341 e. The van der Waals surface area contributed by atoms with Gasteiger partial charge in [-0.2, -0.15) is 5.10 Å². The fraction of sp³-hybridized carbons (Fsp3) is 0.292. The number of methoxy groups -OCH3 is 2. The minimum atomic E-state index is -0.495. The van der Waals surface area contributed by atoms with Crippen LogP contribution in [0.5, 0.6) is 5.75 Å². The molecule has 1 N–H and O–H groups in total. The Hall–Kier alpha value is -3.32. The molecule has 0 fully saturated rings. The van der Waals surface area contributed by atoms with E-state index >= 15 is 0 Å². The number of benzene rings is 2. The van der Waals surface area contributed by atoms with E-state index in [9.17, 15) is 9.59 Å². The van der Waals surface area contributed by atoms with E-state index in [1.165, 1.54) is 14.2 Å². The highest BCUT2D eigenvalue weighted by Gasteiger charge is 2.17. The third kappa shape index (κ3) is 4.94. The summed E-state index contributed by atoms with van der Waals surface area (Å²) in [5.74, 6) is -0.222. The molecular formula is C24H26ClN3O4. The lowest BCUT2D eigenvalue weighted by Crippen LogP contribution is -2.25. The van der Waals surface area contributed by atoms with Gasteiger partial charge in [0.1, 0.15) is 11.3 Å². The summed E-state index contributed by atoms with van der Waals surface area (Å²) in [5.41, 5.74) is 5.45. The van der Waals surface area contributed by atoms with Gasteiger partial charge in [0.15, 0.2) is 0 Å². The number of rotatable bonds is 7. The molecule has 0 unspecified atom stereocenters. The molecule has 0 saturated heterocycles. The number of esters is 1. The number of aromatic nitrogens is 2. The molecule has 8 heteroatoms. The molecule has 1 heterocycles. The monoisotopic (exact) mass is 455 g/mol. The van der Waals surface area contributed by atoms with Crippen molar-refractivity contribution in [1.82, 2.24) is 15.1 Å². The first-order valence-electron chi connectivity index (χ1n) is 10.1. The molecule has 0 aliphatic rings. The van der Waals surface area contributed by atoms with Crippen molar-refractivity contribution in [3.05, 3.63) is 75.1 Å². The quantitative estimate of drug-likeness (QED) is 0.542. The second-order valence-corrected chi connectivity index (χ2v) is 7.88. The summed E-state index contributed by atoms with van der Waals surface area (Å²) >= 11 is 6.26. The number of nitrogens with one attached hydrogen (secondary N) is 1. The van der Waals surface area contributed by atoms with E-state index < -0.39 is 5.97 Å².